The highest BCUT2D eigenvalue weighted by molar-refractivity contribution is 9.10. The van der Waals surface area contributed by atoms with Crippen LogP contribution in [0.1, 0.15) is 11.1 Å². The Hall–Kier alpha value is -2.35. The fourth-order valence-electron chi connectivity index (χ4n) is 2.01. The molecule has 0 saturated heterocycles. The second kappa shape index (κ2) is 8.15. The lowest BCUT2D eigenvalue weighted by Crippen LogP contribution is -2.30. The Labute approximate surface area is 150 Å². The molecule has 0 heterocycles. The molecule has 0 aliphatic rings. The summed E-state index contributed by atoms with van der Waals surface area (Å²) in [6.07, 6.45) is -4.76. The van der Waals surface area contributed by atoms with Gasteiger partial charge in [0.1, 0.15) is 0 Å². The Morgan fingerprint density at radius 3 is 2.32 bits per heavy atom. The summed E-state index contributed by atoms with van der Waals surface area (Å²) < 4.78 is 37.7. The van der Waals surface area contributed by atoms with E-state index < -0.39 is 12.1 Å². The summed E-state index contributed by atoms with van der Waals surface area (Å²) in [5, 5.41) is 4.46. The van der Waals surface area contributed by atoms with Crippen molar-refractivity contribution in [2.45, 2.75) is 19.1 Å². The van der Waals surface area contributed by atoms with Crippen LogP contribution in [0.2, 0.25) is 0 Å². The summed E-state index contributed by atoms with van der Waals surface area (Å²) in [6.45, 7) is 0.144. The molecule has 2 N–H and O–H groups in total. The molecule has 132 valence electrons. The van der Waals surface area contributed by atoms with Crippen molar-refractivity contribution in [3.63, 3.8) is 0 Å². The van der Waals surface area contributed by atoms with E-state index in [4.69, 9.17) is 0 Å². The number of nitrogens with one attached hydrogen (secondary N) is 2. The summed E-state index contributed by atoms with van der Waals surface area (Å²) >= 11 is 3.31. The molecule has 0 aromatic heterocycles. The first-order valence-electron chi connectivity index (χ1n) is 7.22. The summed E-state index contributed by atoms with van der Waals surface area (Å²) in [4.78, 5) is 22.9. The normalized spacial score (nSPS) is 11.0. The SMILES string of the molecule is O=C(Cc1ccc(Br)cc1)NCc1cccc(NC(=O)C(F)(F)F)c1. The van der Waals surface area contributed by atoms with E-state index in [9.17, 15) is 22.8 Å². The molecular formula is C17H14BrF3N2O2. The van der Waals surface area contributed by atoms with Gasteiger partial charge in [0.2, 0.25) is 5.91 Å². The maximum absolute atomic E-state index is 12.2. The standard InChI is InChI=1S/C17H14BrF3N2O2/c18-13-6-4-11(5-7-13)9-15(24)22-10-12-2-1-3-14(8-12)23-16(25)17(19,20)21/h1-8H,9-10H2,(H,22,24)(H,23,25). The summed E-state index contributed by atoms with van der Waals surface area (Å²) in [5.74, 6) is -2.25. The van der Waals surface area contributed by atoms with Gasteiger partial charge in [0.05, 0.1) is 6.42 Å². The van der Waals surface area contributed by atoms with Crippen LogP contribution in [0.15, 0.2) is 53.0 Å². The average molecular weight is 415 g/mol. The van der Waals surface area contributed by atoms with Crippen molar-refractivity contribution in [3.8, 4) is 0 Å². The average Bonchev–Trinajstić information content (AvgIpc) is 2.55. The number of amides is 2. The van der Waals surface area contributed by atoms with Gasteiger partial charge in [-0.3, -0.25) is 9.59 Å². The Bertz CT molecular complexity index is 761. The van der Waals surface area contributed by atoms with Crippen LogP contribution in [0, 0.1) is 0 Å². The van der Waals surface area contributed by atoms with Crippen LogP contribution in [-0.4, -0.2) is 18.0 Å². The molecule has 0 aliphatic carbocycles. The Morgan fingerprint density at radius 1 is 1.00 bits per heavy atom. The minimum absolute atomic E-state index is 0.0157. The van der Waals surface area contributed by atoms with Crippen LogP contribution in [0.5, 0.6) is 0 Å². The topological polar surface area (TPSA) is 58.2 Å². The van der Waals surface area contributed by atoms with Gasteiger partial charge in [-0.1, -0.05) is 40.2 Å². The van der Waals surface area contributed by atoms with Gasteiger partial charge in [-0.05, 0) is 35.4 Å². The molecule has 8 heteroatoms. The third-order valence-corrected chi connectivity index (χ3v) is 3.74. The van der Waals surface area contributed by atoms with E-state index in [1.54, 1.807) is 11.4 Å². The zero-order chi connectivity index (χ0) is 18.4. The molecule has 2 rings (SSSR count). The summed E-state index contributed by atoms with van der Waals surface area (Å²) in [7, 11) is 0. The largest absolute Gasteiger partial charge is 0.471 e. The van der Waals surface area contributed by atoms with Gasteiger partial charge < -0.3 is 10.6 Å². The lowest BCUT2D eigenvalue weighted by atomic mass is 10.1. The van der Waals surface area contributed by atoms with E-state index in [0.717, 1.165) is 10.0 Å². The van der Waals surface area contributed by atoms with Gasteiger partial charge in [-0.25, -0.2) is 0 Å². The van der Waals surface area contributed by atoms with Crippen molar-refractivity contribution in [1.82, 2.24) is 5.32 Å². The van der Waals surface area contributed by atoms with Crippen LogP contribution >= 0.6 is 15.9 Å². The van der Waals surface area contributed by atoms with Crippen molar-refractivity contribution in [2.75, 3.05) is 5.32 Å². The number of carbonyl (C=O) groups is 2. The van der Waals surface area contributed by atoms with E-state index in [2.05, 4.69) is 21.2 Å². The van der Waals surface area contributed by atoms with Crippen molar-refractivity contribution in [3.05, 3.63) is 64.1 Å². The van der Waals surface area contributed by atoms with Gasteiger partial charge >= 0.3 is 12.1 Å². The molecular weight excluding hydrogens is 401 g/mol. The minimum atomic E-state index is -4.95. The van der Waals surface area contributed by atoms with E-state index in [0.29, 0.717) is 5.56 Å². The number of hydrogen-bond donors (Lipinski definition) is 2. The van der Waals surface area contributed by atoms with E-state index in [1.165, 1.54) is 18.2 Å². The molecule has 2 aromatic rings. The third kappa shape index (κ3) is 6.22. The predicted molar refractivity (Wildman–Crippen MR) is 90.8 cm³/mol. The maximum atomic E-state index is 12.2. The van der Waals surface area contributed by atoms with E-state index >= 15 is 0 Å². The highest BCUT2D eigenvalue weighted by Crippen LogP contribution is 2.19. The Kier molecular flexibility index (Phi) is 6.19. The maximum Gasteiger partial charge on any atom is 0.471 e. The van der Waals surface area contributed by atoms with Crippen LogP contribution < -0.4 is 10.6 Å². The fourth-order valence-corrected chi connectivity index (χ4v) is 2.28. The van der Waals surface area contributed by atoms with Crippen molar-refractivity contribution >= 4 is 33.4 Å². The lowest BCUT2D eigenvalue weighted by Gasteiger charge is -2.10. The molecule has 0 aliphatic heterocycles. The molecule has 0 spiro atoms. The second-order valence-corrected chi connectivity index (χ2v) is 6.15. The molecule has 4 nitrogen and oxygen atoms in total. The predicted octanol–water partition coefficient (Wildman–Crippen LogP) is 3.81. The van der Waals surface area contributed by atoms with Crippen LogP contribution in [0.25, 0.3) is 0 Å². The number of halogens is 4. The summed E-state index contributed by atoms with van der Waals surface area (Å²) in [6, 6.07) is 13.2. The highest BCUT2D eigenvalue weighted by atomic mass is 79.9. The molecule has 0 saturated carbocycles. The number of hydrogen-bond acceptors (Lipinski definition) is 2. The lowest BCUT2D eigenvalue weighted by molar-refractivity contribution is -0.167. The van der Waals surface area contributed by atoms with E-state index in [-0.39, 0.29) is 24.6 Å². The van der Waals surface area contributed by atoms with Crippen molar-refractivity contribution in [1.29, 1.82) is 0 Å². The minimum Gasteiger partial charge on any atom is -0.352 e. The molecule has 25 heavy (non-hydrogen) atoms. The molecule has 0 fully saturated rings. The molecule has 0 unspecified atom stereocenters. The second-order valence-electron chi connectivity index (χ2n) is 5.23. The van der Waals surface area contributed by atoms with Gasteiger partial charge in [-0.15, -0.1) is 0 Å². The number of alkyl halides is 3. The molecule has 0 bridgehead atoms. The van der Waals surface area contributed by atoms with Gasteiger partial charge in [-0.2, -0.15) is 13.2 Å². The molecule has 2 aromatic carbocycles. The quantitative estimate of drug-likeness (QED) is 0.781. The van der Waals surface area contributed by atoms with Crippen molar-refractivity contribution < 1.29 is 22.8 Å². The van der Waals surface area contributed by atoms with Gasteiger partial charge in [0.25, 0.3) is 0 Å². The number of anilines is 1. The molecule has 2 amide bonds. The number of rotatable bonds is 5. The van der Waals surface area contributed by atoms with Crippen molar-refractivity contribution in [2.24, 2.45) is 0 Å². The van der Waals surface area contributed by atoms with Gasteiger partial charge in [0.15, 0.2) is 0 Å². The monoisotopic (exact) mass is 414 g/mol. The van der Waals surface area contributed by atoms with Gasteiger partial charge in [0, 0.05) is 16.7 Å². The number of carbonyl (C=O) groups excluding carboxylic acids is 2. The first kappa shape index (κ1) is 19.0. The number of benzene rings is 2. The zero-order valence-corrected chi connectivity index (χ0v) is 14.4. The third-order valence-electron chi connectivity index (χ3n) is 3.21. The summed E-state index contributed by atoms with van der Waals surface area (Å²) in [5.41, 5.74) is 1.43. The van der Waals surface area contributed by atoms with Crippen LogP contribution in [-0.2, 0) is 22.6 Å². The first-order valence-corrected chi connectivity index (χ1v) is 8.01. The van der Waals surface area contributed by atoms with Crippen LogP contribution in [0.3, 0.4) is 0 Å². The smallest absolute Gasteiger partial charge is 0.352 e. The molecule has 0 atom stereocenters. The fraction of sp³-hybridized carbons (Fsp3) is 0.176. The highest BCUT2D eigenvalue weighted by Gasteiger charge is 2.38. The zero-order valence-electron chi connectivity index (χ0n) is 12.9. The molecule has 0 radical (unpaired) electrons. The van der Waals surface area contributed by atoms with Crippen LogP contribution in [0.4, 0.5) is 18.9 Å². The first-order chi connectivity index (χ1) is 11.7. The Balaban J connectivity index is 1.90. The Morgan fingerprint density at radius 2 is 1.68 bits per heavy atom. The van der Waals surface area contributed by atoms with E-state index in [1.807, 2.05) is 24.3 Å².